The zero-order valence-electron chi connectivity index (χ0n) is 14.9. The Morgan fingerprint density at radius 1 is 1.35 bits per heavy atom. The molecule has 1 fully saturated rings. The molecule has 8 heteroatoms. The Hall–Kier alpha value is -1.48. The number of nitrogens with zero attached hydrogens (tertiary/aromatic N) is 2. The highest BCUT2D eigenvalue weighted by Crippen LogP contribution is 2.25. The summed E-state index contributed by atoms with van der Waals surface area (Å²) in [6.45, 7) is 3.76. The van der Waals surface area contributed by atoms with Crippen LogP contribution in [-0.4, -0.2) is 42.5 Å². The van der Waals surface area contributed by atoms with Crippen LogP contribution < -0.4 is 5.32 Å². The van der Waals surface area contributed by atoms with E-state index in [1.54, 1.807) is 29.5 Å². The van der Waals surface area contributed by atoms with Crippen LogP contribution in [-0.2, 0) is 23.0 Å². The second-order valence-corrected chi connectivity index (χ2v) is 9.62. The number of piperidine rings is 1. The van der Waals surface area contributed by atoms with Crippen molar-refractivity contribution in [1.29, 1.82) is 0 Å². The van der Waals surface area contributed by atoms with Gasteiger partial charge in [0.05, 0.1) is 16.4 Å². The van der Waals surface area contributed by atoms with Gasteiger partial charge in [-0.1, -0.05) is 13.0 Å². The molecule has 1 aromatic heterocycles. The largest absolute Gasteiger partial charge is 0.396 e. The molecule has 0 unspecified atom stereocenters. The van der Waals surface area contributed by atoms with Gasteiger partial charge in [0.2, 0.25) is 10.0 Å². The Balaban J connectivity index is 1.68. The summed E-state index contributed by atoms with van der Waals surface area (Å²) in [7, 11) is -3.50. The van der Waals surface area contributed by atoms with E-state index in [1.165, 1.54) is 4.31 Å². The van der Waals surface area contributed by atoms with Gasteiger partial charge in [0.1, 0.15) is 0 Å². The highest BCUT2D eigenvalue weighted by Gasteiger charge is 2.29. The lowest BCUT2D eigenvalue weighted by Crippen LogP contribution is -2.39. The first-order valence-electron chi connectivity index (χ1n) is 8.91. The summed E-state index contributed by atoms with van der Waals surface area (Å²) in [6, 6.07) is 6.97. The summed E-state index contributed by atoms with van der Waals surface area (Å²) in [5.74, 6) is 0.210. The topological polar surface area (TPSA) is 82.5 Å². The summed E-state index contributed by atoms with van der Waals surface area (Å²) >= 11 is 1.67. The van der Waals surface area contributed by atoms with Crippen LogP contribution in [0.5, 0.6) is 0 Å². The molecule has 2 N–H and O–H groups in total. The molecule has 142 valence electrons. The molecule has 2 heterocycles. The SMILES string of the molecule is CCc1ncc(CNc2cccc(S(=O)(=O)N3CCC(CO)CC3)c2)s1. The molecular formula is C18H25N3O3S2. The predicted molar refractivity (Wildman–Crippen MR) is 104 cm³/mol. The molecular weight excluding hydrogens is 370 g/mol. The van der Waals surface area contributed by atoms with Crippen LogP contribution in [0.25, 0.3) is 0 Å². The molecule has 1 aromatic carbocycles. The number of aryl methyl sites for hydroxylation is 1. The number of thiazole rings is 1. The van der Waals surface area contributed by atoms with E-state index in [9.17, 15) is 13.5 Å². The highest BCUT2D eigenvalue weighted by molar-refractivity contribution is 7.89. The second-order valence-electron chi connectivity index (χ2n) is 6.49. The molecule has 0 aliphatic carbocycles. The fourth-order valence-corrected chi connectivity index (χ4v) is 5.35. The number of sulfonamides is 1. The third-order valence-corrected chi connectivity index (χ3v) is 7.71. The Labute approximate surface area is 158 Å². The molecule has 0 radical (unpaired) electrons. The van der Waals surface area contributed by atoms with Crippen molar-refractivity contribution in [3.63, 3.8) is 0 Å². The maximum Gasteiger partial charge on any atom is 0.243 e. The van der Waals surface area contributed by atoms with E-state index in [0.717, 1.165) is 22.0 Å². The number of rotatable bonds is 7. The monoisotopic (exact) mass is 395 g/mol. The number of aliphatic hydroxyl groups excluding tert-OH is 1. The van der Waals surface area contributed by atoms with Gasteiger partial charge in [-0.05, 0) is 43.4 Å². The van der Waals surface area contributed by atoms with Crippen LogP contribution >= 0.6 is 11.3 Å². The van der Waals surface area contributed by atoms with Gasteiger partial charge in [0, 0.05) is 36.5 Å². The van der Waals surface area contributed by atoms with Crippen molar-refractivity contribution in [3.05, 3.63) is 40.3 Å². The van der Waals surface area contributed by atoms with Crippen molar-refractivity contribution in [2.75, 3.05) is 25.0 Å². The Bertz CT molecular complexity index is 828. The van der Waals surface area contributed by atoms with Crippen LogP contribution in [0.15, 0.2) is 35.4 Å². The van der Waals surface area contributed by atoms with Crippen molar-refractivity contribution in [3.8, 4) is 0 Å². The van der Waals surface area contributed by atoms with Gasteiger partial charge in [-0.25, -0.2) is 13.4 Å². The molecule has 2 aromatic rings. The van der Waals surface area contributed by atoms with Crippen molar-refractivity contribution >= 4 is 27.0 Å². The lowest BCUT2D eigenvalue weighted by molar-refractivity contribution is 0.170. The van der Waals surface area contributed by atoms with Crippen LogP contribution in [0.4, 0.5) is 5.69 Å². The number of nitrogens with one attached hydrogen (secondary N) is 1. The van der Waals surface area contributed by atoms with E-state index in [4.69, 9.17) is 0 Å². The van der Waals surface area contributed by atoms with E-state index >= 15 is 0 Å². The normalized spacial score (nSPS) is 16.7. The van der Waals surface area contributed by atoms with E-state index < -0.39 is 10.0 Å². The zero-order chi connectivity index (χ0) is 18.6. The van der Waals surface area contributed by atoms with Crippen molar-refractivity contribution < 1.29 is 13.5 Å². The standard InChI is InChI=1S/C18H25N3O3S2/c1-2-18-20-12-16(25-18)11-19-15-4-3-5-17(10-15)26(23,24)21-8-6-14(13-22)7-9-21/h3-5,10,12,14,19,22H,2,6-9,11,13H2,1H3. The maximum atomic E-state index is 12.9. The number of benzene rings is 1. The molecule has 0 saturated carbocycles. The number of hydrogen-bond donors (Lipinski definition) is 2. The average molecular weight is 396 g/mol. The third kappa shape index (κ3) is 4.43. The molecule has 26 heavy (non-hydrogen) atoms. The summed E-state index contributed by atoms with van der Waals surface area (Å²) in [5.41, 5.74) is 0.780. The third-order valence-electron chi connectivity index (χ3n) is 4.67. The summed E-state index contributed by atoms with van der Waals surface area (Å²) in [4.78, 5) is 5.77. The molecule has 6 nitrogen and oxygen atoms in total. The molecule has 0 bridgehead atoms. The first-order chi connectivity index (χ1) is 12.5. The first kappa shape index (κ1) is 19.3. The quantitative estimate of drug-likeness (QED) is 0.753. The lowest BCUT2D eigenvalue weighted by atomic mass is 10.00. The van der Waals surface area contributed by atoms with Gasteiger partial charge in [-0.15, -0.1) is 11.3 Å². The molecule has 1 saturated heterocycles. The highest BCUT2D eigenvalue weighted by atomic mass is 32.2. The number of anilines is 1. The van der Waals surface area contributed by atoms with E-state index in [-0.39, 0.29) is 12.5 Å². The summed E-state index contributed by atoms with van der Waals surface area (Å²) in [5, 5.41) is 13.6. The van der Waals surface area contributed by atoms with Crippen molar-refractivity contribution in [1.82, 2.24) is 9.29 Å². The minimum absolute atomic E-state index is 0.130. The van der Waals surface area contributed by atoms with Crippen molar-refractivity contribution in [2.45, 2.75) is 37.6 Å². The number of aromatic nitrogens is 1. The second kappa shape index (κ2) is 8.47. The summed E-state index contributed by atoms with van der Waals surface area (Å²) < 4.78 is 27.3. The van der Waals surface area contributed by atoms with Gasteiger partial charge in [-0.2, -0.15) is 4.31 Å². The van der Waals surface area contributed by atoms with Gasteiger partial charge >= 0.3 is 0 Å². The van der Waals surface area contributed by atoms with Gasteiger partial charge in [0.15, 0.2) is 0 Å². The minimum atomic E-state index is -3.50. The van der Waals surface area contributed by atoms with E-state index in [0.29, 0.717) is 37.4 Å². The van der Waals surface area contributed by atoms with Crippen molar-refractivity contribution in [2.24, 2.45) is 5.92 Å². The molecule has 0 atom stereocenters. The molecule has 0 amide bonds. The zero-order valence-corrected chi connectivity index (χ0v) is 16.5. The lowest BCUT2D eigenvalue weighted by Gasteiger charge is -2.30. The predicted octanol–water partition coefficient (Wildman–Crippen LogP) is 2.71. The Morgan fingerprint density at radius 2 is 2.12 bits per heavy atom. The molecule has 0 spiro atoms. The van der Waals surface area contributed by atoms with E-state index in [1.807, 2.05) is 12.3 Å². The molecule has 1 aliphatic rings. The van der Waals surface area contributed by atoms with Gasteiger partial charge < -0.3 is 10.4 Å². The fraction of sp³-hybridized carbons (Fsp3) is 0.500. The minimum Gasteiger partial charge on any atom is -0.396 e. The van der Waals surface area contributed by atoms with Crippen LogP contribution in [0.1, 0.15) is 29.7 Å². The summed E-state index contributed by atoms with van der Waals surface area (Å²) in [6.07, 6.45) is 4.20. The first-order valence-corrected chi connectivity index (χ1v) is 11.2. The Morgan fingerprint density at radius 3 is 2.77 bits per heavy atom. The van der Waals surface area contributed by atoms with E-state index in [2.05, 4.69) is 17.2 Å². The molecule has 3 rings (SSSR count). The van der Waals surface area contributed by atoms with Crippen LogP contribution in [0, 0.1) is 5.92 Å². The number of aliphatic hydroxyl groups is 1. The molecule has 1 aliphatic heterocycles. The number of hydrogen-bond acceptors (Lipinski definition) is 6. The smallest absolute Gasteiger partial charge is 0.243 e. The Kier molecular flexibility index (Phi) is 6.29. The van der Waals surface area contributed by atoms with Crippen LogP contribution in [0.3, 0.4) is 0 Å². The van der Waals surface area contributed by atoms with Gasteiger partial charge in [-0.3, -0.25) is 0 Å². The van der Waals surface area contributed by atoms with Crippen LogP contribution in [0.2, 0.25) is 0 Å². The average Bonchev–Trinajstić information content (AvgIpc) is 3.15. The fourth-order valence-electron chi connectivity index (χ4n) is 3.03. The van der Waals surface area contributed by atoms with Gasteiger partial charge in [0.25, 0.3) is 0 Å². The maximum absolute atomic E-state index is 12.9.